The maximum absolute atomic E-state index is 12.5. The number of hydrogen-bond acceptors (Lipinski definition) is 3. The average molecular weight is 374 g/mol. The van der Waals surface area contributed by atoms with E-state index in [4.69, 9.17) is 10.00 Å². The largest absolute Gasteiger partial charge is 0.462 e. The summed E-state index contributed by atoms with van der Waals surface area (Å²) in [5, 5.41) is 8.52. The molecular formula is C24H39NO2. The minimum atomic E-state index is 0.0832. The number of esters is 1. The Labute approximate surface area is 166 Å². The molecule has 0 spiro atoms. The van der Waals surface area contributed by atoms with E-state index >= 15 is 0 Å². The van der Waals surface area contributed by atoms with Crippen molar-refractivity contribution in [3.05, 3.63) is 12.2 Å². The minimum absolute atomic E-state index is 0.0832. The highest BCUT2D eigenvalue weighted by molar-refractivity contribution is 5.72. The van der Waals surface area contributed by atoms with Crippen LogP contribution in [-0.2, 0) is 9.53 Å². The van der Waals surface area contributed by atoms with Crippen molar-refractivity contribution in [3.63, 3.8) is 0 Å². The molecule has 3 nitrogen and oxygen atoms in total. The fourth-order valence-corrected chi connectivity index (χ4v) is 4.81. The van der Waals surface area contributed by atoms with E-state index in [2.05, 4.69) is 6.92 Å². The lowest BCUT2D eigenvalue weighted by atomic mass is 9.79. The van der Waals surface area contributed by atoms with Crippen molar-refractivity contribution < 1.29 is 9.53 Å². The predicted molar refractivity (Wildman–Crippen MR) is 110 cm³/mol. The standard InChI is InChI=1S/C24H39NO2/c1-2-3-4-6-9-20-11-15-22(16-12-20)24(26)27-23-17-13-21(14-18-23)10-7-5-8-19-25/h5,8,20-23H,2-4,6-7,9-18H2,1H3/b8-5+/t20-,21?,22-,23?. The Morgan fingerprint density at radius 1 is 0.963 bits per heavy atom. The minimum Gasteiger partial charge on any atom is -0.462 e. The van der Waals surface area contributed by atoms with Crippen LogP contribution in [0.4, 0.5) is 0 Å². The van der Waals surface area contributed by atoms with Gasteiger partial charge in [-0.3, -0.25) is 4.79 Å². The third kappa shape index (κ3) is 8.50. The van der Waals surface area contributed by atoms with Gasteiger partial charge in [0.15, 0.2) is 0 Å². The van der Waals surface area contributed by atoms with Gasteiger partial charge in [0, 0.05) is 6.08 Å². The summed E-state index contributed by atoms with van der Waals surface area (Å²) in [5.74, 6) is 1.81. The molecule has 0 saturated heterocycles. The predicted octanol–water partition coefficient (Wildman–Crippen LogP) is 6.73. The molecule has 0 aromatic heterocycles. The normalized spacial score (nSPS) is 28.7. The first-order valence-electron chi connectivity index (χ1n) is 11.5. The molecule has 0 heterocycles. The first-order valence-corrected chi connectivity index (χ1v) is 11.5. The number of unbranched alkanes of at least 4 members (excludes halogenated alkanes) is 3. The summed E-state index contributed by atoms with van der Waals surface area (Å²) in [5.41, 5.74) is 0. The van der Waals surface area contributed by atoms with Crippen molar-refractivity contribution in [2.45, 2.75) is 109 Å². The summed E-state index contributed by atoms with van der Waals surface area (Å²) in [6.07, 6.45) is 21.5. The molecule has 0 aromatic rings. The van der Waals surface area contributed by atoms with Crippen molar-refractivity contribution in [1.29, 1.82) is 5.26 Å². The Balaban J connectivity index is 1.57. The van der Waals surface area contributed by atoms with Gasteiger partial charge in [0.05, 0.1) is 12.0 Å². The SMILES string of the molecule is CCCCCC[C@H]1CC[C@H](C(=O)OC2CCC(CC/C=C/C#N)CC2)CC1. The van der Waals surface area contributed by atoms with E-state index in [-0.39, 0.29) is 18.0 Å². The topological polar surface area (TPSA) is 50.1 Å². The summed E-state index contributed by atoms with van der Waals surface area (Å²) >= 11 is 0. The summed E-state index contributed by atoms with van der Waals surface area (Å²) in [4.78, 5) is 12.5. The van der Waals surface area contributed by atoms with Crippen molar-refractivity contribution in [2.24, 2.45) is 17.8 Å². The molecular weight excluding hydrogens is 334 g/mol. The molecule has 0 atom stereocenters. The van der Waals surface area contributed by atoms with Gasteiger partial charge in [-0.15, -0.1) is 0 Å². The van der Waals surface area contributed by atoms with Crippen LogP contribution in [0.25, 0.3) is 0 Å². The first kappa shape index (κ1) is 22.0. The van der Waals surface area contributed by atoms with E-state index < -0.39 is 0 Å². The number of nitrogens with zero attached hydrogens (tertiary/aromatic N) is 1. The summed E-state index contributed by atoms with van der Waals surface area (Å²) in [6, 6.07) is 2.04. The monoisotopic (exact) mass is 373 g/mol. The number of carbonyl (C=O) groups excluding carboxylic acids is 1. The first-order chi connectivity index (χ1) is 13.2. The van der Waals surface area contributed by atoms with Gasteiger partial charge in [-0.05, 0) is 76.0 Å². The lowest BCUT2D eigenvalue weighted by molar-refractivity contribution is -0.157. The lowest BCUT2D eigenvalue weighted by Gasteiger charge is -2.31. The van der Waals surface area contributed by atoms with Crippen LogP contribution in [0.15, 0.2) is 12.2 Å². The van der Waals surface area contributed by atoms with Crippen molar-refractivity contribution in [1.82, 2.24) is 0 Å². The molecule has 0 bridgehead atoms. The van der Waals surface area contributed by atoms with Crippen molar-refractivity contribution >= 4 is 5.97 Å². The van der Waals surface area contributed by atoms with E-state index in [0.717, 1.165) is 63.2 Å². The molecule has 2 saturated carbocycles. The third-order valence-electron chi connectivity index (χ3n) is 6.66. The summed E-state index contributed by atoms with van der Waals surface area (Å²) in [7, 11) is 0. The fraction of sp³-hybridized carbons (Fsp3) is 0.833. The Kier molecular flexibility index (Phi) is 10.6. The van der Waals surface area contributed by atoms with Crippen LogP contribution < -0.4 is 0 Å². The second kappa shape index (κ2) is 13.0. The molecule has 2 fully saturated rings. The van der Waals surface area contributed by atoms with E-state index in [1.54, 1.807) is 6.08 Å². The highest BCUT2D eigenvalue weighted by atomic mass is 16.5. The zero-order valence-electron chi connectivity index (χ0n) is 17.3. The van der Waals surface area contributed by atoms with Crippen LogP contribution in [0.2, 0.25) is 0 Å². The maximum atomic E-state index is 12.5. The third-order valence-corrected chi connectivity index (χ3v) is 6.66. The maximum Gasteiger partial charge on any atom is 0.309 e. The Bertz CT molecular complexity index is 477. The number of carbonyl (C=O) groups is 1. The molecule has 0 aromatic carbocycles. The highest BCUT2D eigenvalue weighted by Gasteiger charge is 2.30. The van der Waals surface area contributed by atoms with Gasteiger partial charge in [0.25, 0.3) is 0 Å². The quantitative estimate of drug-likeness (QED) is 0.242. The molecule has 152 valence electrons. The zero-order chi connectivity index (χ0) is 19.3. The molecule has 0 aliphatic heterocycles. The molecule has 27 heavy (non-hydrogen) atoms. The smallest absolute Gasteiger partial charge is 0.309 e. The summed E-state index contributed by atoms with van der Waals surface area (Å²) < 4.78 is 5.87. The molecule has 2 aliphatic carbocycles. The van der Waals surface area contributed by atoms with Gasteiger partial charge in [-0.2, -0.15) is 5.26 Å². The zero-order valence-corrected chi connectivity index (χ0v) is 17.3. The lowest BCUT2D eigenvalue weighted by Crippen LogP contribution is -2.30. The van der Waals surface area contributed by atoms with E-state index in [0.29, 0.717) is 0 Å². The Morgan fingerprint density at radius 3 is 2.30 bits per heavy atom. The Hall–Kier alpha value is -1.30. The van der Waals surface area contributed by atoms with Crippen LogP contribution >= 0.6 is 0 Å². The van der Waals surface area contributed by atoms with E-state index in [9.17, 15) is 4.79 Å². The second-order valence-corrected chi connectivity index (χ2v) is 8.76. The highest BCUT2D eigenvalue weighted by Crippen LogP contribution is 2.34. The fourth-order valence-electron chi connectivity index (χ4n) is 4.81. The number of rotatable bonds is 10. The van der Waals surface area contributed by atoms with Crippen LogP contribution in [0.3, 0.4) is 0 Å². The average Bonchev–Trinajstić information content (AvgIpc) is 2.70. The van der Waals surface area contributed by atoms with Gasteiger partial charge in [-0.1, -0.05) is 45.1 Å². The van der Waals surface area contributed by atoms with Gasteiger partial charge < -0.3 is 4.74 Å². The van der Waals surface area contributed by atoms with E-state index in [1.165, 1.54) is 44.9 Å². The molecule has 3 heteroatoms. The summed E-state index contributed by atoms with van der Waals surface area (Å²) in [6.45, 7) is 2.26. The molecule has 2 rings (SSSR count). The van der Waals surface area contributed by atoms with Gasteiger partial charge in [-0.25, -0.2) is 0 Å². The van der Waals surface area contributed by atoms with Gasteiger partial charge >= 0.3 is 5.97 Å². The number of nitriles is 1. The Morgan fingerprint density at radius 2 is 1.63 bits per heavy atom. The van der Waals surface area contributed by atoms with Gasteiger partial charge in [0.1, 0.15) is 6.10 Å². The van der Waals surface area contributed by atoms with Crippen LogP contribution in [-0.4, -0.2) is 12.1 Å². The van der Waals surface area contributed by atoms with Crippen molar-refractivity contribution in [3.8, 4) is 6.07 Å². The number of allylic oxidation sites excluding steroid dienone is 2. The molecule has 0 unspecified atom stereocenters. The number of ether oxygens (including phenoxy) is 1. The van der Waals surface area contributed by atoms with E-state index in [1.807, 2.05) is 12.1 Å². The second-order valence-electron chi connectivity index (χ2n) is 8.76. The molecule has 0 amide bonds. The van der Waals surface area contributed by atoms with Gasteiger partial charge in [0.2, 0.25) is 0 Å². The van der Waals surface area contributed by atoms with Crippen molar-refractivity contribution in [2.75, 3.05) is 0 Å². The molecule has 0 N–H and O–H groups in total. The molecule has 0 radical (unpaired) electrons. The van der Waals surface area contributed by atoms with Crippen LogP contribution in [0, 0.1) is 29.1 Å². The molecule has 2 aliphatic rings. The number of hydrogen-bond donors (Lipinski definition) is 0. The van der Waals surface area contributed by atoms with Crippen LogP contribution in [0.5, 0.6) is 0 Å². The van der Waals surface area contributed by atoms with Crippen LogP contribution in [0.1, 0.15) is 103 Å².